The van der Waals surface area contributed by atoms with Gasteiger partial charge in [-0.1, -0.05) is 18.2 Å². The Labute approximate surface area is 171 Å². The molecule has 0 bridgehead atoms. The van der Waals surface area contributed by atoms with Crippen LogP contribution in [0, 0.1) is 0 Å². The molecular weight excluding hydrogens is 376 g/mol. The summed E-state index contributed by atoms with van der Waals surface area (Å²) >= 11 is 1.76. The molecule has 1 N–H and O–H groups in total. The molecule has 0 unspecified atom stereocenters. The monoisotopic (exact) mass is 406 g/mol. The number of morpholine rings is 1. The number of thiophene rings is 1. The molecule has 3 rings (SSSR count). The van der Waals surface area contributed by atoms with Gasteiger partial charge in [0.25, 0.3) is 0 Å². The number of ether oxygens (including phenoxy) is 3. The first-order chi connectivity index (χ1) is 13.7. The van der Waals surface area contributed by atoms with E-state index in [0.29, 0.717) is 18.0 Å². The Morgan fingerprint density at radius 1 is 1.21 bits per heavy atom. The van der Waals surface area contributed by atoms with Gasteiger partial charge in [0.1, 0.15) is 12.7 Å². The van der Waals surface area contributed by atoms with Crippen LogP contribution in [0.1, 0.15) is 10.4 Å². The largest absolute Gasteiger partial charge is 0.493 e. The van der Waals surface area contributed by atoms with Gasteiger partial charge in [0.2, 0.25) is 0 Å². The Hall–Kier alpha value is -1.64. The molecule has 6 nitrogen and oxygen atoms in total. The Morgan fingerprint density at radius 2 is 2.04 bits per heavy atom. The molecule has 1 aromatic heterocycles. The molecule has 2 aromatic rings. The molecule has 1 aliphatic rings. The molecule has 0 spiro atoms. The van der Waals surface area contributed by atoms with Crippen molar-refractivity contribution in [3.63, 3.8) is 0 Å². The van der Waals surface area contributed by atoms with Gasteiger partial charge in [-0.25, -0.2) is 0 Å². The number of benzene rings is 1. The molecule has 0 saturated carbocycles. The van der Waals surface area contributed by atoms with Gasteiger partial charge in [-0.05, 0) is 24.6 Å². The van der Waals surface area contributed by atoms with Crippen molar-refractivity contribution < 1.29 is 19.3 Å². The second kappa shape index (κ2) is 10.8. The van der Waals surface area contributed by atoms with Gasteiger partial charge in [-0.2, -0.15) is 0 Å². The topological polar surface area (TPSA) is 54.4 Å². The van der Waals surface area contributed by atoms with E-state index in [1.807, 2.05) is 12.1 Å². The lowest BCUT2D eigenvalue weighted by molar-refractivity contribution is 0.00431. The summed E-state index contributed by atoms with van der Waals surface area (Å²) in [5.41, 5.74) is 1.05. The highest BCUT2D eigenvalue weighted by atomic mass is 32.1. The van der Waals surface area contributed by atoms with Crippen molar-refractivity contribution in [3.05, 3.63) is 46.2 Å². The van der Waals surface area contributed by atoms with Crippen LogP contribution in [-0.4, -0.2) is 74.6 Å². The third-order valence-electron chi connectivity index (χ3n) is 4.72. The van der Waals surface area contributed by atoms with Crippen molar-refractivity contribution in [1.29, 1.82) is 0 Å². The second-order valence-electron chi connectivity index (χ2n) is 7.08. The Kier molecular flexibility index (Phi) is 8.12. The fourth-order valence-corrected chi connectivity index (χ4v) is 4.12. The van der Waals surface area contributed by atoms with E-state index in [4.69, 9.17) is 14.2 Å². The summed E-state index contributed by atoms with van der Waals surface area (Å²) in [6.45, 7) is 5.60. The molecule has 0 aliphatic carbocycles. The Morgan fingerprint density at radius 3 is 2.75 bits per heavy atom. The summed E-state index contributed by atoms with van der Waals surface area (Å²) in [5, 5.41) is 12.5. The molecule has 7 heteroatoms. The minimum Gasteiger partial charge on any atom is -0.493 e. The van der Waals surface area contributed by atoms with Gasteiger partial charge in [-0.3, -0.25) is 9.80 Å². The summed E-state index contributed by atoms with van der Waals surface area (Å²) < 4.78 is 16.9. The van der Waals surface area contributed by atoms with Crippen LogP contribution in [0.3, 0.4) is 0 Å². The highest BCUT2D eigenvalue weighted by molar-refractivity contribution is 7.09. The fraction of sp³-hybridized carbons (Fsp3) is 0.524. The van der Waals surface area contributed by atoms with E-state index in [2.05, 4.69) is 40.4 Å². The molecule has 1 saturated heterocycles. The van der Waals surface area contributed by atoms with Crippen LogP contribution < -0.4 is 9.47 Å². The summed E-state index contributed by atoms with van der Waals surface area (Å²) in [6, 6.07) is 10.1. The smallest absolute Gasteiger partial charge is 0.165 e. The molecule has 1 fully saturated rings. The summed E-state index contributed by atoms with van der Waals surface area (Å²) in [7, 11) is 3.74. The van der Waals surface area contributed by atoms with Gasteiger partial charge in [0.15, 0.2) is 11.5 Å². The zero-order valence-electron chi connectivity index (χ0n) is 16.7. The number of hydrogen-bond donors (Lipinski definition) is 1. The standard InChI is InChI=1S/C21H30N2O4S/c1-22(15-19-6-4-12-28-19)13-17-5-3-7-20(25-2)21(17)27-16-18(24)14-23-8-10-26-11-9-23/h3-7,12,18,24H,8-11,13-16H2,1-2H3/t18-/m1/s1. The Bertz CT molecular complexity index is 704. The first kappa shape index (κ1) is 21.1. The van der Waals surface area contributed by atoms with E-state index in [-0.39, 0.29) is 6.61 Å². The van der Waals surface area contributed by atoms with Gasteiger partial charge in [0, 0.05) is 43.2 Å². The first-order valence-corrected chi connectivity index (χ1v) is 10.5. The maximum Gasteiger partial charge on any atom is 0.165 e. The number of methoxy groups -OCH3 is 1. The van der Waals surface area contributed by atoms with E-state index >= 15 is 0 Å². The van der Waals surface area contributed by atoms with E-state index < -0.39 is 6.10 Å². The minimum absolute atomic E-state index is 0.235. The van der Waals surface area contributed by atoms with Crippen LogP contribution in [0.2, 0.25) is 0 Å². The lowest BCUT2D eigenvalue weighted by Gasteiger charge is -2.28. The molecule has 0 amide bonds. The number of hydrogen-bond acceptors (Lipinski definition) is 7. The molecule has 154 valence electrons. The average Bonchev–Trinajstić information content (AvgIpc) is 3.20. The van der Waals surface area contributed by atoms with Crippen LogP contribution in [0.25, 0.3) is 0 Å². The third-order valence-corrected chi connectivity index (χ3v) is 5.58. The summed E-state index contributed by atoms with van der Waals surface area (Å²) in [5.74, 6) is 1.41. The van der Waals surface area contributed by atoms with Crippen molar-refractivity contribution in [2.75, 3.05) is 53.6 Å². The number of aliphatic hydroxyl groups is 1. The van der Waals surface area contributed by atoms with Crippen LogP contribution in [-0.2, 0) is 17.8 Å². The summed E-state index contributed by atoms with van der Waals surface area (Å²) in [4.78, 5) is 5.78. The first-order valence-electron chi connectivity index (χ1n) is 9.63. The molecule has 28 heavy (non-hydrogen) atoms. The molecule has 0 radical (unpaired) electrons. The van der Waals surface area contributed by atoms with Gasteiger partial charge >= 0.3 is 0 Å². The number of β-amino-alcohol motifs (C(OH)–C–C–N with tert-alkyl or cyclic N) is 1. The minimum atomic E-state index is -0.556. The maximum atomic E-state index is 10.4. The molecule has 1 aliphatic heterocycles. The van der Waals surface area contributed by atoms with E-state index in [9.17, 15) is 5.11 Å². The SMILES string of the molecule is COc1cccc(CN(C)Cc2cccs2)c1OC[C@H](O)CN1CCOCC1. The van der Waals surface area contributed by atoms with Crippen molar-refractivity contribution in [1.82, 2.24) is 9.80 Å². The molecule has 2 heterocycles. The molecule has 1 atom stereocenters. The van der Waals surface area contributed by atoms with Gasteiger partial charge in [-0.15, -0.1) is 11.3 Å². The number of rotatable bonds is 10. The third kappa shape index (κ3) is 6.18. The van der Waals surface area contributed by atoms with Crippen LogP contribution in [0.15, 0.2) is 35.7 Å². The fourth-order valence-electron chi connectivity index (χ4n) is 3.34. The van der Waals surface area contributed by atoms with E-state index in [1.165, 1.54) is 4.88 Å². The van der Waals surface area contributed by atoms with Crippen LogP contribution in [0.5, 0.6) is 11.5 Å². The van der Waals surface area contributed by atoms with Crippen molar-refractivity contribution in [3.8, 4) is 11.5 Å². The van der Waals surface area contributed by atoms with Crippen molar-refractivity contribution >= 4 is 11.3 Å². The molecule has 1 aromatic carbocycles. The lowest BCUT2D eigenvalue weighted by Crippen LogP contribution is -2.42. The van der Waals surface area contributed by atoms with Gasteiger partial charge < -0.3 is 19.3 Å². The van der Waals surface area contributed by atoms with Crippen LogP contribution in [0.4, 0.5) is 0 Å². The van der Waals surface area contributed by atoms with Crippen LogP contribution >= 0.6 is 11.3 Å². The average molecular weight is 407 g/mol. The highest BCUT2D eigenvalue weighted by Crippen LogP contribution is 2.32. The van der Waals surface area contributed by atoms with Crippen molar-refractivity contribution in [2.45, 2.75) is 19.2 Å². The summed E-state index contributed by atoms with van der Waals surface area (Å²) in [6.07, 6.45) is -0.556. The van der Waals surface area contributed by atoms with E-state index in [1.54, 1.807) is 18.4 Å². The second-order valence-corrected chi connectivity index (χ2v) is 8.11. The number of nitrogens with zero attached hydrogens (tertiary/aromatic N) is 2. The maximum absolute atomic E-state index is 10.4. The zero-order valence-corrected chi connectivity index (χ0v) is 17.5. The number of para-hydroxylation sites is 1. The molecular formula is C21H30N2O4S. The predicted molar refractivity (Wildman–Crippen MR) is 111 cm³/mol. The van der Waals surface area contributed by atoms with Crippen molar-refractivity contribution in [2.24, 2.45) is 0 Å². The zero-order chi connectivity index (χ0) is 19.8. The van der Waals surface area contributed by atoms with Gasteiger partial charge in [0.05, 0.1) is 20.3 Å². The Balaban J connectivity index is 1.60. The van der Waals surface area contributed by atoms with E-state index in [0.717, 1.165) is 45.0 Å². The highest BCUT2D eigenvalue weighted by Gasteiger charge is 2.18. The lowest BCUT2D eigenvalue weighted by atomic mass is 10.1. The normalized spacial score (nSPS) is 16.3. The predicted octanol–water partition coefficient (Wildman–Crippen LogP) is 2.46. The number of aliphatic hydroxyl groups excluding tert-OH is 1. The quantitative estimate of drug-likeness (QED) is 0.654.